The number of benzene rings is 1. The molecule has 1 N–H and O–H groups in total. The summed E-state index contributed by atoms with van der Waals surface area (Å²) >= 11 is 5.75. The third kappa shape index (κ3) is 3.26. The van der Waals surface area contributed by atoms with Gasteiger partial charge in [-0.25, -0.2) is 0 Å². The monoisotopic (exact) mass is 374 g/mol. The lowest BCUT2D eigenvalue weighted by atomic mass is 9.67. The van der Waals surface area contributed by atoms with Crippen LogP contribution in [0.4, 0.5) is 0 Å². The minimum atomic E-state index is -0.836. The van der Waals surface area contributed by atoms with Crippen molar-refractivity contribution in [2.24, 2.45) is 11.8 Å². The van der Waals surface area contributed by atoms with E-state index in [0.717, 1.165) is 31.4 Å². The first-order valence-corrected chi connectivity index (χ1v) is 9.61. The van der Waals surface area contributed by atoms with E-state index in [2.05, 4.69) is 5.16 Å². The quantitative estimate of drug-likeness (QED) is 0.890. The van der Waals surface area contributed by atoms with Gasteiger partial charge in [0, 0.05) is 37.9 Å². The Kier molecular flexibility index (Phi) is 4.76. The highest BCUT2D eigenvalue weighted by Crippen LogP contribution is 2.48. The summed E-state index contributed by atoms with van der Waals surface area (Å²) in [6.45, 7) is 1.35. The van der Waals surface area contributed by atoms with Gasteiger partial charge in [-0.15, -0.1) is 0 Å². The Morgan fingerprint density at radius 1 is 1.35 bits per heavy atom. The van der Waals surface area contributed by atoms with Crippen molar-refractivity contribution < 1.29 is 14.4 Å². The molecule has 0 spiro atoms. The molecule has 138 valence electrons. The molecular formula is C20H23ClN2O3. The number of likely N-dealkylation sites (tertiary alicyclic amines) is 1. The molecule has 1 aliphatic heterocycles. The smallest absolute Gasteiger partial charge is 0.223 e. The average molecular weight is 375 g/mol. The zero-order valence-electron chi connectivity index (χ0n) is 14.6. The van der Waals surface area contributed by atoms with E-state index in [1.54, 1.807) is 6.07 Å². The number of halogens is 1. The summed E-state index contributed by atoms with van der Waals surface area (Å²) < 4.78 is 5.07. The zero-order valence-corrected chi connectivity index (χ0v) is 15.4. The SMILES string of the molecule is O=C(CCc1cc(Cl)no1)N1C[C@H]2CCC[C@](O)(c3ccccc3)[C@H]2C1. The highest BCUT2D eigenvalue weighted by molar-refractivity contribution is 6.29. The number of hydrogen-bond acceptors (Lipinski definition) is 4. The lowest BCUT2D eigenvalue weighted by Gasteiger charge is -2.41. The molecule has 4 rings (SSSR count). The van der Waals surface area contributed by atoms with Gasteiger partial charge < -0.3 is 14.5 Å². The molecule has 1 saturated carbocycles. The first-order chi connectivity index (χ1) is 12.6. The summed E-state index contributed by atoms with van der Waals surface area (Å²) in [5, 5.41) is 15.4. The number of nitrogens with zero attached hydrogens (tertiary/aromatic N) is 2. The fourth-order valence-electron chi connectivity index (χ4n) is 4.61. The predicted octanol–water partition coefficient (Wildman–Crippen LogP) is 3.41. The predicted molar refractivity (Wildman–Crippen MR) is 97.6 cm³/mol. The van der Waals surface area contributed by atoms with E-state index < -0.39 is 5.60 Å². The number of aromatic nitrogens is 1. The first kappa shape index (κ1) is 17.6. The lowest BCUT2D eigenvalue weighted by molar-refractivity contribution is -0.130. The van der Waals surface area contributed by atoms with Gasteiger partial charge in [0.2, 0.25) is 5.91 Å². The summed E-state index contributed by atoms with van der Waals surface area (Å²) in [6.07, 6.45) is 3.69. The Hall–Kier alpha value is -1.85. The summed E-state index contributed by atoms with van der Waals surface area (Å²) in [6, 6.07) is 11.6. The van der Waals surface area contributed by atoms with Crippen molar-refractivity contribution in [3.8, 4) is 0 Å². The maximum absolute atomic E-state index is 12.7. The van der Waals surface area contributed by atoms with E-state index in [1.165, 1.54) is 0 Å². The molecule has 26 heavy (non-hydrogen) atoms. The van der Waals surface area contributed by atoms with Crippen molar-refractivity contribution in [3.05, 3.63) is 52.9 Å². The van der Waals surface area contributed by atoms with Crippen LogP contribution in [0.5, 0.6) is 0 Å². The molecule has 1 amide bonds. The van der Waals surface area contributed by atoms with E-state index in [9.17, 15) is 9.90 Å². The average Bonchev–Trinajstić information content (AvgIpc) is 3.28. The molecule has 1 aromatic carbocycles. The Labute approximate surface area is 157 Å². The van der Waals surface area contributed by atoms with Crippen LogP contribution >= 0.6 is 11.6 Å². The third-order valence-electron chi connectivity index (χ3n) is 5.93. The van der Waals surface area contributed by atoms with Crippen molar-refractivity contribution in [2.75, 3.05) is 13.1 Å². The van der Waals surface area contributed by atoms with Crippen molar-refractivity contribution in [3.63, 3.8) is 0 Å². The van der Waals surface area contributed by atoms with Crippen LogP contribution < -0.4 is 0 Å². The van der Waals surface area contributed by atoms with Crippen LogP contribution in [-0.4, -0.2) is 34.2 Å². The van der Waals surface area contributed by atoms with Crippen LogP contribution in [0.2, 0.25) is 5.15 Å². The molecule has 1 aromatic heterocycles. The molecule has 0 bridgehead atoms. The van der Waals surface area contributed by atoms with Gasteiger partial charge >= 0.3 is 0 Å². The summed E-state index contributed by atoms with van der Waals surface area (Å²) in [5.74, 6) is 1.18. The molecule has 1 aliphatic carbocycles. The molecule has 0 unspecified atom stereocenters. The van der Waals surface area contributed by atoms with Crippen molar-refractivity contribution >= 4 is 17.5 Å². The third-order valence-corrected chi connectivity index (χ3v) is 6.11. The molecule has 6 heteroatoms. The van der Waals surface area contributed by atoms with Gasteiger partial charge in [-0.2, -0.15) is 0 Å². The molecule has 2 aromatic rings. The minimum Gasteiger partial charge on any atom is -0.385 e. The summed E-state index contributed by atoms with van der Waals surface area (Å²) in [7, 11) is 0. The van der Waals surface area contributed by atoms with Crippen LogP contribution in [0.25, 0.3) is 0 Å². The van der Waals surface area contributed by atoms with Crippen LogP contribution in [0, 0.1) is 11.8 Å². The van der Waals surface area contributed by atoms with E-state index in [0.29, 0.717) is 36.2 Å². The standard InChI is InChI=1S/C20H23ClN2O3/c21-18-11-16(26-22-18)8-9-19(24)23-12-14-5-4-10-20(25,17(14)13-23)15-6-2-1-3-7-15/h1-3,6-7,11,14,17,25H,4-5,8-10,12-13H2/t14-,17+,20+/m1/s1. The minimum absolute atomic E-state index is 0.0994. The maximum Gasteiger partial charge on any atom is 0.223 e. The lowest BCUT2D eigenvalue weighted by Crippen LogP contribution is -2.42. The zero-order chi connectivity index (χ0) is 18.1. The number of fused-ring (bicyclic) bond motifs is 1. The topological polar surface area (TPSA) is 66.6 Å². The Morgan fingerprint density at radius 3 is 2.88 bits per heavy atom. The molecule has 2 aliphatic rings. The van der Waals surface area contributed by atoms with Gasteiger partial charge in [-0.05, 0) is 30.7 Å². The molecule has 3 atom stereocenters. The largest absolute Gasteiger partial charge is 0.385 e. The highest BCUT2D eigenvalue weighted by atomic mass is 35.5. The molecule has 0 radical (unpaired) electrons. The van der Waals surface area contributed by atoms with Crippen LogP contribution in [-0.2, 0) is 16.8 Å². The number of carbonyl (C=O) groups excluding carboxylic acids is 1. The van der Waals surface area contributed by atoms with Gasteiger partial charge in [0.1, 0.15) is 5.76 Å². The van der Waals surface area contributed by atoms with E-state index >= 15 is 0 Å². The van der Waals surface area contributed by atoms with Gasteiger partial charge in [0.15, 0.2) is 5.15 Å². The summed E-state index contributed by atoms with van der Waals surface area (Å²) in [4.78, 5) is 14.6. The van der Waals surface area contributed by atoms with Gasteiger partial charge in [-0.1, -0.05) is 47.1 Å². The van der Waals surface area contributed by atoms with Crippen LogP contribution in [0.15, 0.2) is 40.9 Å². The van der Waals surface area contributed by atoms with Gasteiger partial charge in [-0.3, -0.25) is 4.79 Å². The maximum atomic E-state index is 12.7. The Morgan fingerprint density at radius 2 is 2.15 bits per heavy atom. The molecule has 2 fully saturated rings. The van der Waals surface area contributed by atoms with Crippen molar-refractivity contribution in [1.82, 2.24) is 10.1 Å². The van der Waals surface area contributed by atoms with Crippen molar-refractivity contribution in [1.29, 1.82) is 0 Å². The number of aryl methyl sites for hydroxylation is 1. The molecule has 1 saturated heterocycles. The molecular weight excluding hydrogens is 352 g/mol. The number of rotatable bonds is 4. The second kappa shape index (κ2) is 7.05. The van der Waals surface area contributed by atoms with Crippen LogP contribution in [0.1, 0.15) is 37.0 Å². The summed E-state index contributed by atoms with van der Waals surface area (Å²) in [5.41, 5.74) is 0.137. The molecule has 2 heterocycles. The second-order valence-corrected chi connectivity index (χ2v) is 7.85. The second-order valence-electron chi connectivity index (χ2n) is 7.46. The number of carbonyl (C=O) groups is 1. The van der Waals surface area contributed by atoms with E-state index in [1.807, 2.05) is 35.2 Å². The van der Waals surface area contributed by atoms with E-state index in [-0.39, 0.29) is 11.8 Å². The Bertz CT molecular complexity index is 778. The van der Waals surface area contributed by atoms with Gasteiger partial charge in [0.05, 0.1) is 5.60 Å². The number of hydrogen-bond donors (Lipinski definition) is 1. The highest BCUT2D eigenvalue weighted by Gasteiger charge is 2.50. The van der Waals surface area contributed by atoms with Gasteiger partial charge in [0.25, 0.3) is 0 Å². The normalized spacial score (nSPS) is 28.2. The fraction of sp³-hybridized carbons (Fsp3) is 0.500. The number of aliphatic hydroxyl groups is 1. The van der Waals surface area contributed by atoms with E-state index in [4.69, 9.17) is 16.1 Å². The first-order valence-electron chi connectivity index (χ1n) is 9.23. The fourth-order valence-corrected chi connectivity index (χ4v) is 4.76. The Balaban J connectivity index is 1.44. The molecule has 5 nitrogen and oxygen atoms in total. The van der Waals surface area contributed by atoms with Crippen LogP contribution in [0.3, 0.4) is 0 Å². The van der Waals surface area contributed by atoms with Crippen molar-refractivity contribution in [2.45, 2.75) is 37.7 Å². The number of amides is 1.